The van der Waals surface area contributed by atoms with E-state index in [1.807, 2.05) is 0 Å². The molecule has 1 aliphatic heterocycles. The van der Waals surface area contributed by atoms with E-state index in [9.17, 15) is 23.1 Å². The Morgan fingerprint density at radius 2 is 1.81 bits per heavy atom. The fourth-order valence-corrected chi connectivity index (χ4v) is 4.04. The van der Waals surface area contributed by atoms with Gasteiger partial charge in [0, 0.05) is 19.3 Å². The molecule has 0 aliphatic carbocycles. The van der Waals surface area contributed by atoms with Gasteiger partial charge in [-0.25, -0.2) is 8.42 Å². The van der Waals surface area contributed by atoms with Gasteiger partial charge in [0.1, 0.15) is 16.6 Å². The number of rotatable bonds is 6. The molecule has 138 valence electrons. The normalized spacial score (nSPS) is 15.8. The Labute approximate surface area is 150 Å². The molecule has 3 rings (SSSR count). The Hall–Kier alpha value is -2.65. The predicted octanol–water partition coefficient (Wildman–Crippen LogP) is 1.35. The maximum atomic E-state index is 12.6. The van der Waals surface area contributed by atoms with Crippen LogP contribution in [0.3, 0.4) is 0 Å². The van der Waals surface area contributed by atoms with E-state index in [1.54, 1.807) is 23.1 Å². The van der Waals surface area contributed by atoms with Crippen molar-refractivity contribution in [3.8, 4) is 0 Å². The number of hydrogen-bond acceptors (Lipinski definition) is 4. The van der Waals surface area contributed by atoms with Crippen molar-refractivity contribution in [2.75, 3.05) is 13.1 Å². The predicted molar refractivity (Wildman–Crippen MR) is 93.1 cm³/mol. The summed E-state index contributed by atoms with van der Waals surface area (Å²) in [7, 11) is -4.12. The van der Waals surface area contributed by atoms with Crippen molar-refractivity contribution in [2.45, 2.75) is 23.8 Å². The molecule has 1 amide bonds. The summed E-state index contributed by atoms with van der Waals surface area (Å²) in [4.78, 5) is 28.0. The van der Waals surface area contributed by atoms with Gasteiger partial charge in [-0.3, -0.25) is 9.59 Å². The summed E-state index contributed by atoms with van der Waals surface area (Å²) in [6.07, 6.45) is 3.04. The third kappa shape index (κ3) is 3.78. The van der Waals surface area contributed by atoms with Crippen LogP contribution in [0.25, 0.3) is 0 Å². The molecule has 0 bridgehead atoms. The Morgan fingerprint density at radius 3 is 2.42 bits per heavy atom. The summed E-state index contributed by atoms with van der Waals surface area (Å²) in [5.74, 6) is -1.58. The largest absolute Gasteiger partial charge is 0.480 e. The van der Waals surface area contributed by atoms with Gasteiger partial charge in [0.15, 0.2) is 0 Å². The van der Waals surface area contributed by atoms with Crippen LogP contribution in [0.15, 0.2) is 47.5 Å². The first kappa shape index (κ1) is 18.2. The molecule has 0 radical (unpaired) electrons. The van der Waals surface area contributed by atoms with Crippen molar-refractivity contribution >= 4 is 21.9 Å². The molecular weight excluding hydrogens is 358 g/mol. The molecule has 2 heterocycles. The molecule has 1 aromatic heterocycles. The summed E-state index contributed by atoms with van der Waals surface area (Å²) >= 11 is 0. The monoisotopic (exact) mass is 377 g/mol. The molecule has 1 saturated heterocycles. The van der Waals surface area contributed by atoms with Crippen LogP contribution in [0.5, 0.6) is 0 Å². The first-order valence-corrected chi connectivity index (χ1v) is 9.64. The SMILES string of the molecule is O=C(O)[C@H](NS(=O)(=O)c1c[nH]c(C(=O)N2CCCC2)c1)c1ccccc1. The Morgan fingerprint density at radius 1 is 1.15 bits per heavy atom. The standard InChI is InChI=1S/C17H19N3O5S/c21-16(20-8-4-5-9-20)14-10-13(11-18-14)26(24,25)19-15(17(22)23)12-6-2-1-3-7-12/h1-3,6-7,10-11,15,18-19H,4-5,8-9H2,(H,22,23)/t15-/m1/s1. The Kier molecular flexibility index (Phi) is 5.10. The topological polar surface area (TPSA) is 120 Å². The van der Waals surface area contributed by atoms with Gasteiger partial charge in [-0.2, -0.15) is 4.72 Å². The van der Waals surface area contributed by atoms with E-state index in [2.05, 4.69) is 9.71 Å². The lowest BCUT2D eigenvalue weighted by Gasteiger charge is -2.14. The summed E-state index contributed by atoms with van der Waals surface area (Å²) < 4.78 is 27.3. The lowest BCUT2D eigenvalue weighted by molar-refractivity contribution is -0.139. The third-order valence-electron chi connectivity index (χ3n) is 4.24. The first-order chi connectivity index (χ1) is 12.4. The van der Waals surface area contributed by atoms with Crippen molar-refractivity contribution in [2.24, 2.45) is 0 Å². The molecule has 1 atom stereocenters. The number of aliphatic carboxylic acids is 1. The summed E-state index contributed by atoms with van der Waals surface area (Å²) in [5.41, 5.74) is 0.478. The second kappa shape index (κ2) is 7.30. The molecule has 3 N–H and O–H groups in total. The number of likely N-dealkylation sites (tertiary alicyclic amines) is 1. The van der Waals surface area contributed by atoms with Crippen LogP contribution >= 0.6 is 0 Å². The zero-order valence-electron chi connectivity index (χ0n) is 13.9. The van der Waals surface area contributed by atoms with Gasteiger partial charge in [-0.15, -0.1) is 0 Å². The quantitative estimate of drug-likeness (QED) is 0.702. The number of aromatic nitrogens is 1. The molecular formula is C17H19N3O5S. The number of carbonyl (C=O) groups is 2. The van der Waals surface area contributed by atoms with Gasteiger partial charge in [0.25, 0.3) is 5.91 Å². The summed E-state index contributed by atoms with van der Waals surface area (Å²) in [5, 5.41) is 9.38. The van der Waals surface area contributed by atoms with E-state index in [0.717, 1.165) is 12.8 Å². The first-order valence-electron chi connectivity index (χ1n) is 8.16. The van der Waals surface area contributed by atoms with Crippen LogP contribution in [0.4, 0.5) is 0 Å². The lowest BCUT2D eigenvalue weighted by atomic mass is 10.1. The fourth-order valence-electron chi connectivity index (χ4n) is 2.87. The molecule has 0 spiro atoms. The van der Waals surface area contributed by atoms with Crippen molar-refractivity contribution < 1.29 is 23.1 Å². The summed E-state index contributed by atoms with van der Waals surface area (Å²) in [6, 6.07) is 7.83. The van der Waals surface area contributed by atoms with Crippen molar-refractivity contribution in [3.05, 3.63) is 53.9 Å². The second-order valence-electron chi connectivity index (χ2n) is 6.05. The van der Waals surface area contributed by atoms with Crippen LogP contribution < -0.4 is 4.72 Å². The number of aromatic amines is 1. The van der Waals surface area contributed by atoms with Crippen molar-refractivity contribution in [1.29, 1.82) is 0 Å². The zero-order valence-corrected chi connectivity index (χ0v) is 14.7. The van der Waals surface area contributed by atoms with E-state index in [-0.39, 0.29) is 16.5 Å². The van der Waals surface area contributed by atoms with E-state index < -0.39 is 22.0 Å². The van der Waals surface area contributed by atoms with Crippen molar-refractivity contribution in [3.63, 3.8) is 0 Å². The fraction of sp³-hybridized carbons (Fsp3) is 0.294. The van der Waals surface area contributed by atoms with E-state index in [0.29, 0.717) is 18.7 Å². The zero-order chi connectivity index (χ0) is 18.7. The Bertz CT molecular complexity index is 901. The van der Waals surface area contributed by atoms with Gasteiger partial charge in [-0.05, 0) is 24.5 Å². The molecule has 1 aromatic carbocycles. The third-order valence-corrected chi connectivity index (χ3v) is 5.65. The average molecular weight is 377 g/mol. The molecule has 0 unspecified atom stereocenters. The molecule has 26 heavy (non-hydrogen) atoms. The number of sulfonamides is 1. The van der Waals surface area contributed by atoms with Crippen LogP contribution in [0.2, 0.25) is 0 Å². The maximum Gasteiger partial charge on any atom is 0.326 e. The van der Waals surface area contributed by atoms with Gasteiger partial charge < -0.3 is 15.0 Å². The smallest absolute Gasteiger partial charge is 0.326 e. The molecule has 2 aromatic rings. The number of carboxylic acid groups (broad SMARTS) is 1. The second-order valence-corrected chi connectivity index (χ2v) is 7.77. The van der Waals surface area contributed by atoms with E-state index in [4.69, 9.17) is 0 Å². The minimum atomic E-state index is -4.12. The number of benzene rings is 1. The van der Waals surface area contributed by atoms with Gasteiger partial charge in [0.05, 0.1) is 0 Å². The number of amides is 1. The van der Waals surface area contributed by atoms with Gasteiger partial charge >= 0.3 is 5.97 Å². The highest BCUT2D eigenvalue weighted by atomic mass is 32.2. The van der Waals surface area contributed by atoms with Crippen LogP contribution in [0, 0.1) is 0 Å². The number of carbonyl (C=O) groups excluding carboxylic acids is 1. The minimum absolute atomic E-state index is 0.166. The highest BCUT2D eigenvalue weighted by molar-refractivity contribution is 7.89. The molecule has 9 heteroatoms. The number of carboxylic acids is 1. The number of H-pyrrole nitrogens is 1. The maximum absolute atomic E-state index is 12.6. The van der Waals surface area contributed by atoms with Crippen molar-refractivity contribution in [1.82, 2.24) is 14.6 Å². The van der Waals surface area contributed by atoms with E-state index >= 15 is 0 Å². The lowest BCUT2D eigenvalue weighted by Crippen LogP contribution is -2.33. The highest BCUT2D eigenvalue weighted by Crippen LogP contribution is 2.20. The molecule has 0 saturated carbocycles. The van der Waals surface area contributed by atoms with Crippen LogP contribution in [0.1, 0.15) is 34.9 Å². The highest BCUT2D eigenvalue weighted by Gasteiger charge is 2.29. The van der Waals surface area contributed by atoms with Gasteiger partial charge in [0.2, 0.25) is 10.0 Å². The number of nitrogens with zero attached hydrogens (tertiary/aromatic N) is 1. The Balaban J connectivity index is 1.81. The summed E-state index contributed by atoms with van der Waals surface area (Å²) in [6.45, 7) is 1.29. The van der Waals surface area contributed by atoms with Crippen LogP contribution in [-0.4, -0.2) is 48.4 Å². The number of hydrogen-bond donors (Lipinski definition) is 3. The van der Waals surface area contributed by atoms with Crippen LogP contribution in [-0.2, 0) is 14.8 Å². The number of nitrogens with one attached hydrogen (secondary N) is 2. The molecule has 1 aliphatic rings. The minimum Gasteiger partial charge on any atom is -0.480 e. The molecule has 1 fully saturated rings. The van der Waals surface area contributed by atoms with E-state index in [1.165, 1.54) is 24.4 Å². The average Bonchev–Trinajstić information content (AvgIpc) is 3.31. The molecule has 8 nitrogen and oxygen atoms in total. The van der Waals surface area contributed by atoms with Gasteiger partial charge in [-0.1, -0.05) is 30.3 Å².